The lowest BCUT2D eigenvalue weighted by molar-refractivity contribution is 0.169. The zero-order chi connectivity index (χ0) is 18.1. The Bertz CT molecular complexity index is 1000. The monoisotopic (exact) mass is 473 g/mol. The normalized spacial score (nSPS) is 12.6. The molecule has 1 unspecified atom stereocenters. The third-order valence-electron chi connectivity index (χ3n) is 4.39. The van der Waals surface area contributed by atoms with Crippen molar-refractivity contribution in [3.63, 3.8) is 0 Å². The van der Waals surface area contributed by atoms with E-state index in [-0.39, 0.29) is 0 Å². The quantitative estimate of drug-likeness (QED) is 0.391. The Hall–Kier alpha value is -1.89. The minimum absolute atomic E-state index is 0.478. The minimum Gasteiger partial charge on any atom is -0.389 e. The van der Waals surface area contributed by atoms with Crippen molar-refractivity contribution in [2.75, 3.05) is 11.9 Å². The van der Waals surface area contributed by atoms with Gasteiger partial charge in [-0.2, -0.15) is 0 Å². The van der Waals surface area contributed by atoms with E-state index in [0.29, 0.717) is 13.1 Å². The standard InChI is InChI=1S/C20H17Br2N3O/c21-13-6-7-18-16(8-13)17-9-20(22)24-11-19(17)25(18)12-15(26)10-23-14-4-2-1-3-5-14/h1-9,11,15,23,26H,10,12H2. The fraction of sp³-hybridized carbons (Fsp3) is 0.150. The highest BCUT2D eigenvalue weighted by molar-refractivity contribution is 9.10. The first-order chi connectivity index (χ1) is 12.6. The van der Waals surface area contributed by atoms with E-state index in [2.05, 4.69) is 58.9 Å². The van der Waals surface area contributed by atoms with Crippen LogP contribution >= 0.6 is 31.9 Å². The molecule has 2 aromatic heterocycles. The van der Waals surface area contributed by atoms with Crippen molar-refractivity contribution in [3.8, 4) is 0 Å². The molecule has 2 aromatic carbocycles. The molecule has 4 rings (SSSR count). The maximum Gasteiger partial charge on any atom is 0.106 e. The fourth-order valence-electron chi connectivity index (χ4n) is 3.21. The molecular formula is C20H17Br2N3O. The summed E-state index contributed by atoms with van der Waals surface area (Å²) in [6.45, 7) is 0.969. The van der Waals surface area contributed by atoms with Crippen LogP contribution in [0.15, 0.2) is 69.9 Å². The number of halogens is 2. The first-order valence-corrected chi connectivity index (χ1v) is 9.90. The zero-order valence-electron chi connectivity index (χ0n) is 13.9. The van der Waals surface area contributed by atoms with Crippen LogP contribution in [-0.4, -0.2) is 27.3 Å². The number of para-hydroxylation sites is 1. The number of hydrogen-bond acceptors (Lipinski definition) is 3. The summed E-state index contributed by atoms with van der Waals surface area (Å²) in [5.41, 5.74) is 3.10. The fourth-order valence-corrected chi connectivity index (χ4v) is 3.90. The molecule has 2 N–H and O–H groups in total. The van der Waals surface area contributed by atoms with Gasteiger partial charge in [-0.05, 0) is 52.3 Å². The van der Waals surface area contributed by atoms with Crippen LogP contribution in [0.1, 0.15) is 0 Å². The Labute approximate surface area is 168 Å². The highest BCUT2D eigenvalue weighted by Crippen LogP contribution is 2.32. The van der Waals surface area contributed by atoms with Gasteiger partial charge >= 0.3 is 0 Å². The molecule has 6 heteroatoms. The highest BCUT2D eigenvalue weighted by Gasteiger charge is 2.15. The van der Waals surface area contributed by atoms with Gasteiger partial charge in [-0.3, -0.25) is 0 Å². The molecule has 132 valence electrons. The molecule has 0 aliphatic rings. The van der Waals surface area contributed by atoms with Crippen molar-refractivity contribution in [2.45, 2.75) is 12.6 Å². The number of fused-ring (bicyclic) bond motifs is 3. The highest BCUT2D eigenvalue weighted by atomic mass is 79.9. The molecular weight excluding hydrogens is 458 g/mol. The van der Waals surface area contributed by atoms with E-state index in [1.54, 1.807) is 0 Å². The third kappa shape index (κ3) is 3.49. The molecule has 0 aliphatic carbocycles. The van der Waals surface area contributed by atoms with Crippen molar-refractivity contribution in [1.82, 2.24) is 9.55 Å². The van der Waals surface area contributed by atoms with Gasteiger partial charge in [-0.1, -0.05) is 34.1 Å². The Kier molecular flexibility index (Phi) is 4.98. The Morgan fingerprint density at radius 2 is 1.77 bits per heavy atom. The number of aliphatic hydroxyl groups excluding tert-OH is 1. The van der Waals surface area contributed by atoms with E-state index < -0.39 is 6.10 Å². The maximum atomic E-state index is 10.6. The SMILES string of the molecule is OC(CNc1ccccc1)Cn1c2ccc(Br)cc2c2cc(Br)ncc21. The van der Waals surface area contributed by atoms with E-state index in [1.165, 1.54) is 0 Å². The van der Waals surface area contributed by atoms with E-state index in [9.17, 15) is 5.11 Å². The van der Waals surface area contributed by atoms with Crippen LogP contribution in [0.3, 0.4) is 0 Å². The molecule has 0 amide bonds. The predicted octanol–water partition coefficient (Wildman–Crippen LogP) is 5.19. The summed E-state index contributed by atoms with van der Waals surface area (Å²) in [6.07, 6.45) is 1.33. The van der Waals surface area contributed by atoms with E-state index in [0.717, 1.165) is 36.6 Å². The minimum atomic E-state index is -0.527. The predicted molar refractivity (Wildman–Crippen MR) is 114 cm³/mol. The van der Waals surface area contributed by atoms with Gasteiger partial charge in [0.2, 0.25) is 0 Å². The van der Waals surface area contributed by atoms with E-state index in [4.69, 9.17) is 0 Å². The number of rotatable bonds is 5. The van der Waals surface area contributed by atoms with Crippen LogP contribution in [0.5, 0.6) is 0 Å². The van der Waals surface area contributed by atoms with Crippen molar-refractivity contribution in [2.24, 2.45) is 0 Å². The first-order valence-electron chi connectivity index (χ1n) is 8.32. The molecule has 0 fully saturated rings. The molecule has 4 nitrogen and oxygen atoms in total. The number of hydrogen-bond donors (Lipinski definition) is 2. The second kappa shape index (κ2) is 7.39. The summed E-state index contributed by atoms with van der Waals surface area (Å²) in [5, 5.41) is 16.1. The average molecular weight is 475 g/mol. The van der Waals surface area contributed by atoms with Gasteiger partial charge in [0.05, 0.1) is 24.4 Å². The van der Waals surface area contributed by atoms with Gasteiger partial charge in [0.1, 0.15) is 4.60 Å². The number of benzene rings is 2. The van der Waals surface area contributed by atoms with E-state index >= 15 is 0 Å². The summed E-state index contributed by atoms with van der Waals surface area (Å²) < 4.78 is 3.96. The number of aliphatic hydroxyl groups is 1. The third-order valence-corrected chi connectivity index (χ3v) is 5.32. The lowest BCUT2D eigenvalue weighted by Crippen LogP contribution is -2.24. The van der Waals surface area contributed by atoms with Crippen molar-refractivity contribution >= 4 is 59.4 Å². The Morgan fingerprint density at radius 3 is 2.58 bits per heavy atom. The number of nitrogens with one attached hydrogen (secondary N) is 1. The van der Waals surface area contributed by atoms with Crippen LogP contribution in [0.25, 0.3) is 21.8 Å². The molecule has 4 aromatic rings. The molecule has 0 spiro atoms. The first kappa shape index (κ1) is 17.5. The summed E-state index contributed by atoms with van der Waals surface area (Å²) >= 11 is 7.01. The van der Waals surface area contributed by atoms with Crippen LogP contribution < -0.4 is 5.32 Å². The van der Waals surface area contributed by atoms with Crippen molar-refractivity contribution in [3.05, 3.63) is 69.9 Å². The Balaban J connectivity index is 1.66. The van der Waals surface area contributed by atoms with Crippen LogP contribution in [-0.2, 0) is 6.54 Å². The number of pyridine rings is 1. The second-order valence-corrected chi connectivity index (χ2v) is 7.93. The van der Waals surface area contributed by atoms with Gasteiger partial charge in [0.15, 0.2) is 0 Å². The average Bonchev–Trinajstić information content (AvgIpc) is 2.93. The van der Waals surface area contributed by atoms with Crippen LogP contribution in [0, 0.1) is 0 Å². The van der Waals surface area contributed by atoms with Crippen LogP contribution in [0.2, 0.25) is 0 Å². The molecule has 26 heavy (non-hydrogen) atoms. The van der Waals surface area contributed by atoms with Gasteiger partial charge in [0, 0.05) is 33.0 Å². The van der Waals surface area contributed by atoms with Crippen molar-refractivity contribution in [1.29, 1.82) is 0 Å². The zero-order valence-corrected chi connectivity index (χ0v) is 17.0. The number of anilines is 1. The Morgan fingerprint density at radius 1 is 1.00 bits per heavy atom. The maximum absolute atomic E-state index is 10.6. The van der Waals surface area contributed by atoms with E-state index in [1.807, 2.05) is 48.7 Å². The second-order valence-electron chi connectivity index (χ2n) is 6.20. The topological polar surface area (TPSA) is 50.1 Å². The number of aromatic nitrogens is 2. The molecule has 0 aliphatic heterocycles. The lowest BCUT2D eigenvalue weighted by Gasteiger charge is -2.15. The molecule has 2 heterocycles. The summed E-state index contributed by atoms with van der Waals surface area (Å²) in [4.78, 5) is 4.37. The van der Waals surface area contributed by atoms with Gasteiger partial charge < -0.3 is 15.0 Å². The van der Waals surface area contributed by atoms with Gasteiger partial charge in [-0.25, -0.2) is 4.98 Å². The number of nitrogens with zero attached hydrogens (tertiary/aromatic N) is 2. The van der Waals surface area contributed by atoms with Crippen LogP contribution in [0.4, 0.5) is 5.69 Å². The lowest BCUT2D eigenvalue weighted by atomic mass is 10.2. The smallest absolute Gasteiger partial charge is 0.106 e. The molecule has 0 radical (unpaired) electrons. The molecule has 0 bridgehead atoms. The van der Waals surface area contributed by atoms with Gasteiger partial charge in [-0.15, -0.1) is 0 Å². The molecule has 0 saturated heterocycles. The summed E-state index contributed by atoms with van der Waals surface area (Å²) in [6, 6.07) is 18.1. The summed E-state index contributed by atoms with van der Waals surface area (Å²) in [5.74, 6) is 0. The van der Waals surface area contributed by atoms with Crippen molar-refractivity contribution < 1.29 is 5.11 Å². The largest absolute Gasteiger partial charge is 0.389 e. The van der Waals surface area contributed by atoms with Gasteiger partial charge in [0.25, 0.3) is 0 Å². The molecule has 1 atom stereocenters. The summed E-state index contributed by atoms with van der Waals surface area (Å²) in [7, 11) is 0. The molecule has 0 saturated carbocycles.